The number of aryl methyl sites for hydroxylation is 1. The number of aromatic nitrogens is 2. The van der Waals surface area contributed by atoms with E-state index in [1.165, 1.54) is 12.8 Å². The number of hydrogen-bond acceptors (Lipinski definition) is 5. The molecule has 5 nitrogen and oxygen atoms in total. The highest BCUT2D eigenvalue weighted by molar-refractivity contribution is 5.90. The molecule has 2 atom stereocenters. The Bertz CT molecular complexity index is 660. The monoisotopic (exact) mass is 301 g/mol. The summed E-state index contributed by atoms with van der Waals surface area (Å²) < 4.78 is 5.32. The Morgan fingerprint density at radius 1 is 1.32 bits per heavy atom. The summed E-state index contributed by atoms with van der Waals surface area (Å²) in [6.07, 6.45) is 4.35. The molecule has 1 aromatic carbocycles. The number of benzene rings is 1. The van der Waals surface area contributed by atoms with Crippen molar-refractivity contribution in [3.63, 3.8) is 0 Å². The lowest BCUT2D eigenvalue weighted by atomic mass is 10.00. The number of nitrogens with zero attached hydrogens (tertiary/aromatic N) is 2. The Balaban J connectivity index is 1.94. The van der Waals surface area contributed by atoms with Crippen LogP contribution in [0.5, 0.6) is 5.75 Å². The molecular formula is C17H23N3O2. The number of ether oxygens (including phenoxy) is 1. The molecule has 2 N–H and O–H groups in total. The molecule has 22 heavy (non-hydrogen) atoms. The molecule has 1 aliphatic carbocycles. The molecule has 1 aliphatic rings. The van der Waals surface area contributed by atoms with E-state index < -0.39 is 0 Å². The first-order valence-corrected chi connectivity index (χ1v) is 7.91. The predicted octanol–water partition coefficient (Wildman–Crippen LogP) is 2.91. The lowest BCUT2D eigenvalue weighted by Crippen LogP contribution is -2.25. The van der Waals surface area contributed by atoms with Gasteiger partial charge in [0.15, 0.2) is 0 Å². The Morgan fingerprint density at radius 3 is 2.95 bits per heavy atom. The van der Waals surface area contributed by atoms with Crippen molar-refractivity contribution in [2.24, 2.45) is 5.92 Å². The fraction of sp³-hybridized carbons (Fsp3) is 0.529. The summed E-state index contributed by atoms with van der Waals surface area (Å²) in [7, 11) is 1.66. The predicted molar refractivity (Wildman–Crippen MR) is 87.3 cm³/mol. The van der Waals surface area contributed by atoms with Gasteiger partial charge in [0, 0.05) is 18.0 Å². The van der Waals surface area contributed by atoms with Crippen molar-refractivity contribution in [2.75, 3.05) is 19.0 Å². The van der Waals surface area contributed by atoms with E-state index in [1.54, 1.807) is 7.11 Å². The van der Waals surface area contributed by atoms with E-state index in [0.29, 0.717) is 12.0 Å². The van der Waals surface area contributed by atoms with Gasteiger partial charge in [-0.15, -0.1) is 0 Å². The molecule has 5 heteroatoms. The van der Waals surface area contributed by atoms with Gasteiger partial charge in [-0.2, -0.15) is 0 Å². The SMILES string of the molecule is COc1ccc2nc(C)nc(NC3CCCC3CCO)c2c1. The highest BCUT2D eigenvalue weighted by atomic mass is 16.5. The van der Waals surface area contributed by atoms with Crippen molar-refractivity contribution in [1.29, 1.82) is 0 Å². The smallest absolute Gasteiger partial charge is 0.137 e. The molecule has 0 aliphatic heterocycles. The first-order valence-electron chi connectivity index (χ1n) is 7.91. The lowest BCUT2D eigenvalue weighted by molar-refractivity contribution is 0.254. The fourth-order valence-corrected chi connectivity index (χ4v) is 3.37. The molecule has 2 unspecified atom stereocenters. The van der Waals surface area contributed by atoms with Crippen molar-refractivity contribution in [2.45, 2.75) is 38.6 Å². The molecular weight excluding hydrogens is 278 g/mol. The number of fused-ring (bicyclic) bond motifs is 1. The second-order valence-electron chi connectivity index (χ2n) is 5.96. The first-order chi connectivity index (χ1) is 10.7. The zero-order chi connectivity index (χ0) is 15.5. The second-order valence-corrected chi connectivity index (χ2v) is 5.96. The topological polar surface area (TPSA) is 67.3 Å². The second kappa shape index (κ2) is 6.48. The van der Waals surface area contributed by atoms with Gasteiger partial charge in [-0.25, -0.2) is 9.97 Å². The van der Waals surface area contributed by atoms with E-state index in [-0.39, 0.29) is 6.61 Å². The van der Waals surface area contributed by atoms with Gasteiger partial charge in [-0.1, -0.05) is 6.42 Å². The highest BCUT2D eigenvalue weighted by Gasteiger charge is 2.27. The summed E-state index contributed by atoms with van der Waals surface area (Å²) in [6, 6.07) is 6.24. The maximum Gasteiger partial charge on any atom is 0.137 e. The molecule has 1 fully saturated rings. The Morgan fingerprint density at radius 2 is 2.18 bits per heavy atom. The number of methoxy groups -OCH3 is 1. The van der Waals surface area contributed by atoms with Crippen molar-refractivity contribution < 1.29 is 9.84 Å². The lowest BCUT2D eigenvalue weighted by Gasteiger charge is -2.22. The third kappa shape index (κ3) is 2.99. The molecule has 1 saturated carbocycles. The Hall–Kier alpha value is -1.88. The van der Waals surface area contributed by atoms with Crippen LogP contribution < -0.4 is 10.1 Å². The molecule has 2 aromatic rings. The summed E-state index contributed by atoms with van der Waals surface area (Å²) in [5.41, 5.74) is 0.924. The number of aliphatic hydroxyl groups is 1. The maximum absolute atomic E-state index is 9.22. The van der Waals surface area contributed by atoms with E-state index in [0.717, 1.165) is 41.1 Å². The molecule has 0 bridgehead atoms. The first kappa shape index (κ1) is 15.0. The van der Waals surface area contributed by atoms with Gasteiger partial charge in [-0.05, 0) is 50.3 Å². The highest BCUT2D eigenvalue weighted by Crippen LogP contribution is 2.33. The van der Waals surface area contributed by atoms with E-state index in [9.17, 15) is 5.11 Å². The molecule has 1 aromatic heterocycles. The molecule has 3 rings (SSSR count). The zero-order valence-corrected chi connectivity index (χ0v) is 13.2. The van der Waals surface area contributed by atoms with E-state index in [4.69, 9.17) is 4.74 Å². The minimum absolute atomic E-state index is 0.250. The van der Waals surface area contributed by atoms with Gasteiger partial charge >= 0.3 is 0 Å². The van der Waals surface area contributed by atoms with Crippen molar-refractivity contribution >= 4 is 16.7 Å². The van der Waals surface area contributed by atoms with Gasteiger partial charge < -0.3 is 15.2 Å². The van der Waals surface area contributed by atoms with Crippen LogP contribution in [0.2, 0.25) is 0 Å². The fourth-order valence-electron chi connectivity index (χ4n) is 3.37. The Kier molecular flexibility index (Phi) is 4.43. The van der Waals surface area contributed by atoms with Crippen LogP contribution in [0.1, 0.15) is 31.5 Å². The summed E-state index contributed by atoms with van der Waals surface area (Å²) in [6.45, 7) is 2.16. The van der Waals surface area contributed by atoms with Gasteiger partial charge in [0.25, 0.3) is 0 Å². The summed E-state index contributed by atoms with van der Waals surface area (Å²) >= 11 is 0. The van der Waals surface area contributed by atoms with Crippen LogP contribution in [-0.4, -0.2) is 34.8 Å². The van der Waals surface area contributed by atoms with E-state index in [1.807, 2.05) is 25.1 Å². The van der Waals surface area contributed by atoms with Gasteiger partial charge in [-0.3, -0.25) is 0 Å². The molecule has 0 spiro atoms. The Labute approximate surface area is 130 Å². The van der Waals surface area contributed by atoms with Gasteiger partial charge in [0.05, 0.1) is 12.6 Å². The van der Waals surface area contributed by atoms with Crippen LogP contribution in [0.25, 0.3) is 10.9 Å². The zero-order valence-electron chi connectivity index (χ0n) is 13.2. The van der Waals surface area contributed by atoms with Crippen LogP contribution in [0.15, 0.2) is 18.2 Å². The summed E-state index contributed by atoms with van der Waals surface area (Å²) in [4.78, 5) is 9.09. The molecule has 1 heterocycles. The maximum atomic E-state index is 9.22. The number of anilines is 1. The van der Waals surface area contributed by atoms with E-state index in [2.05, 4.69) is 15.3 Å². The number of rotatable bonds is 5. The van der Waals surface area contributed by atoms with Gasteiger partial charge in [0.2, 0.25) is 0 Å². The normalized spacial score (nSPS) is 21.2. The number of hydrogen-bond donors (Lipinski definition) is 2. The number of aliphatic hydroxyl groups excluding tert-OH is 1. The van der Waals surface area contributed by atoms with Crippen molar-refractivity contribution in [3.05, 3.63) is 24.0 Å². The third-order valence-electron chi connectivity index (χ3n) is 4.50. The summed E-state index contributed by atoms with van der Waals surface area (Å²) in [5, 5.41) is 13.8. The molecule has 0 saturated heterocycles. The van der Waals surface area contributed by atoms with Crippen LogP contribution >= 0.6 is 0 Å². The van der Waals surface area contributed by atoms with Gasteiger partial charge in [0.1, 0.15) is 17.4 Å². The van der Waals surface area contributed by atoms with Crippen LogP contribution in [-0.2, 0) is 0 Å². The number of nitrogens with one attached hydrogen (secondary N) is 1. The standard InChI is InChI=1S/C17H23N3O2/c1-11-18-16-7-6-13(22-2)10-14(16)17(19-11)20-15-5-3-4-12(15)8-9-21/h6-7,10,12,15,21H,3-5,8-9H2,1-2H3,(H,18,19,20). The minimum Gasteiger partial charge on any atom is -0.497 e. The average Bonchev–Trinajstić information content (AvgIpc) is 2.94. The van der Waals surface area contributed by atoms with Crippen LogP contribution in [0.3, 0.4) is 0 Å². The van der Waals surface area contributed by atoms with Crippen molar-refractivity contribution in [3.8, 4) is 5.75 Å². The van der Waals surface area contributed by atoms with Crippen LogP contribution in [0.4, 0.5) is 5.82 Å². The minimum atomic E-state index is 0.250. The molecule has 0 radical (unpaired) electrons. The largest absolute Gasteiger partial charge is 0.497 e. The quantitative estimate of drug-likeness (QED) is 0.889. The molecule has 118 valence electrons. The summed E-state index contributed by atoms with van der Waals surface area (Å²) in [5.74, 6) is 2.95. The average molecular weight is 301 g/mol. The van der Waals surface area contributed by atoms with Crippen LogP contribution in [0, 0.1) is 12.8 Å². The van der Waals surface area contributed by atoms with E-state index >= 15 is 0 Å². The van der Waals surface area contributed by atoms with Crippen molar-refractivity contribution in [1.82, 2.24) is 9.97 Å². The molecule has 0 amide bonds. The third-order valence-corrected chi connectivity index (χ3v) is 4.50.